The number of hydrogen-bond donors (Lipinski definition) is 1. The van der Waals surface area contributed by atoms with Gasteiger partial charge in [-0.2, -0.15) is 0 Å². The van der Waals surface area contributed by atoms with Crippen molar-refractivity contribution in [1.82, 2.24) is 10.2 Å². The maximum absolute atomic E-state index is 12.2. The van der Waals surface area contributed by atoms with Crippen molar-refractivity contribution in [3.8, 4) is 0 Å². The number of allylic oxidation sites excluding steroid dienone is 1. The molecule has 1 heterocycles. The number of benzene rings is 1. The predicted octanol–water partition coefficient (Wildman–Crippen LogP) is 2.27. The average Bonchev–Trinajstić information content (AvgIpc) is 2.90. The number of nitrogens with one attached hydrogen (secondary N) is 1. The Bertz CT molecular complexity index is 721. The molecule has 0 radical (unpaired) electrons. The predicted molar refractivity (Wildman–Crippen MR) is 75.2 cm³/mol. The summed E-state index contributed by atoms with van der Waals surface area (Å²) in [6.07, 6.45) is 2.96. The second-order valence-electron chi connectivity index (χ2n) is 4.16. The number of aryl methyl sites for hydroxylation is 1. The highest BCUT2D eigenvalue weighted by Crippen LogP contribution is 2.28. The molecule has 0 bridgehead atoms. The molecule has 7 heteroatoms. The Morgan fingerprint density at radius 3 is 2.84 bits per heavy atom. The number of hydrogen-bond acceptors (Lipinski definition) is 5. The van der Waals surface area contributed by atoms with Crippen LogP contribution in [0, 0.1) is 0 Å². The van der Waals surface area contributed by atoms with Crippen LogP contribution in [-0.2, 0) is 16.4 Å². The average molecular weight is 293 g/mol. The smallest absolute Gasteiger partial charge is 0.253 e. The fraction of sp³-hybridized carbons (Fsp3) is 0.167. The monoisotopic (exact) mass is 293 g/mol. The summed E-state index contributed by atoms with van der Waals surface area (Å²) in [6, 6.07) is 7.82. The minimum Gasteiger partial charge on any atom is -0.253 e. The fourth-order valence-electron chi connectivity index (χ4n) is 2.02. The third-order valence-electron chi connectivity index (χ3n) is 2.94. The van der Waals surface area contributed by atoms with Gasteiger partial charge in [-0.15, -0.1) is 10.2 Å². The van der Waals surface area contributed by atoms with Crippen LogP contribution in [0.5, 0.6) is 0 Å². The van der Waals surface area contributed by atoms with E-state index in [4.69, 9.17) is 0 Å². The van der Waals surface area contributed by atoms with Crippen LogP contribution in [0.1, 0.15) is 17.5 Å². The van der Waals surface area contributed by atoms with Crippen molar-refractivity contribution in [1.29, 1.82) is 0 Å². The Balaban J connectivity index is 1.93. The molecule has 1 aliphatic carbocycles. The lowest BCUT2D eigenvalue weighted by molar-refractivity contribution is 0.605. The number of rotatable bonds is 3. The maximum Gasteiger partial charge on any atom is 0.259 e. The molecule has 0 amide bonds. The Labute approximate surface area is 115 Å². The minimum atomic E-state index is -3.53. The fourth-order valence-corrected chi connectivity index (χ4v) is 3.88. The molecule has 0 unspecified atom stereocenters. The van der Waals surface area contributed by atoms with E-state index >= 15 is 0 Å². The van der Waals surface area contributed by atoms with E-state index in [1.54, 1.807) is 6.08 Å². The first-order valence-corrected chi connectivity index (χ1v) is 8.09. The second-order valence-corrected chi connectivity index (χ2v) is 6.73. The van der Waals surface area contributed by atoms with E-state index in [1.807, 2.05) is 24.3 Å². The molecule has 0 spiro atoms. The number of aromatic nitrogens is 2. The van der Waals surface area contributed by atoms with E-state index in [-0.39, 0.29) is 0 Å². The van der Waals surface area contributed by atoms with Gasteiger partial charge in [0.25, 0.3) is 10.0 Å². The molecule has 0 fully saturated rings. The molecule has 1 N–H and O–H groups in total. The van der Waals surface area contributed by atoms with Crippen molar-refractivity contribution in [2.24, 2.45) is 0 Å². The lowest BCUT2D eigenvalue weighted by atomic mass is 9.98. The topological polar surface area (TPSA) is 72.0 Å². The van der Waals surface area contributed by atoms with E-state index in [1.165, 1.54) is 11.1 Å². The third-order valence-corrected chi connectivity index (χ3v) is 5.15. The first-order valence-electron chi connectivity index (χ1n) is 5.73. The Morgan fingerprint density at radius 2 is 2.05 bits per heavy atom. The number of sulfonamides is 1. The van der Waals surface area contributed by atoms with Crippen molar-refractivity contribution in [3.63, 3.8) is 0 Å². The number of fused-ring (bicyclic) bond motifs is 1. The molecule has 98 valence electrons. The van der Waals surface area contributed by atoms with Crippen molar-refractivity contribution < 1.29 is 8.42 Å². The van der Waals surface area contributed by atoms with Gasteiger partial charge in [-0.3, -0.25) is 4.72 Å². The molecular formula is C12H11N3O2S2. The van der Waals surface area contributed by atoms with Crippen LogP contribution in [-0.4, -0.2) is 18.6 Å². The van der Waals surface area contributed by atoms with Crippen molar-refractivity contribution >= 4 is 32.6 Å². The molecule has 0 saturated carbocycles. The zero-order valence-corrected chi connectivity index (χ0v) is 11.5. The van der Waals surface area contributed by atoms with Gasteiger partial charge in [-0.05, 0) is 30.0 Å². The van der Waals surface area contributed by atoms with Gasteiger partial charge in [0.1, 0.15) is 5.51 Å². The van der Waals surface area contributed by atoms with Crippen LogP contribution in [0.4, 0.5) is 5.13 Å². The van der Waals surface area contributed by atoms with Gasteiger partial charge in [0.05, 0.1) is 4.91 Å². The van der Waals surface area contributed by atoms with Crippen LogP contribution in [0.2, 0.25) is 0 Å². The Kier molecular flexibility index (Phi) is 3.08. The summed E-state index contributed by atoms with van der Waals surface area (Å²) in [5, 5.41) is 7.59. The highest BCUT2D eigenvalue weighted by atomic mass is 32.2. The summed E-state index contributed by atoms with van der Waals surface area (Å²) in [6.45, 7) is 0. The molecule has 0 saturated heterocycles. The zero-order valence-electron chi connectivity index (χ0n) is 9.91. The number of anilines is 1. The molecule has 1 aromatic carbocycles. The molecule has 0 atom stereocenters. The molecule has 2 aromatic rings. The largest absolute Gasteiger partial charge is 0.259 e. The number of nitrogens with zero attached hydrogens (tertiary/aromatic N) is 2. The van der Waals surface area contributed by atoms with Crippen LogP contribution in [0.25, 0.3) is 6.08 Å². The van der Waals surface area contributed by atoms with Gasteiger partial charge in [-0.25, -0.2) is 8.42 Å². The molecule has 3 rings (SSSR count). The first-order chi connectivity index (χ1) is 9.15. The Hall–Kier alpha value is -1.73. The van der Waals surface area contributed by atoms with Gasteiger partial charge < -0.3 is 0 Å². The summed E-state index contributed by atoms with van der Waals surface area (Å²) in [4.78, 5) is 0.390. The van der Waals surface area contributed by atoms with Gasteiger partial charge in [0.15, 0.2) is 0 Å². The van der Waals surface area contributed by atoms with E-state index in [0.29, 0.717) is 16.5 Å². The summed E-state index contributed by atoms with van der Waals surface area (Å²) in [5.41, 5.74) is 3.63. The van der Waals surface area contributed by atoms with E-state index in [2.05, 4.69) is 14.9 Å². The van der Waals surface area contributed by atoms with Crippen LogP contribution < -0.4 is 4.72 Å². The van der Waals surface area contributed by atoms with Gasteiger partial charge >= 0.3 is 0 Å². The van der Waals surface area contributed by atoms with Gasteiger partial charge in [0, 0.05) is 0 Å². The lowest BCUT2D eigenvalue weighted by Gasteiger charge is -2.16. The van der Waals surface area contributed by atoms with Crippen molar-refractivity contribution in [3.05, 3.63) is 45.8 Å². The van der Waals surface area contributed by atoms with Crippen LogP contribution >= 0.6 is 11.3 Å². The molecular weight excluding hydrogens is 282 g/mol. The quantitative estimate of drug-likeness (QED) is 0.942. The van der Waals surface area contributed by atoms with Gasteiger partial charge in [-0.1, -0.05) is 35.6 Å². The highest BCUT2D eigenvalue weighted by molar-refractivity contribution is 7.96. The molecule has 5 nitrogen and oxygen atoms in total. The van der Waals surface area contributed by atoms with Crippen molar-refractivity contribution in [2.45, 2.75) is 12.8 Å². The minimum absolute atomic E-state index is 0.291. The lowest BCUT2D eigenvalue weighted by Crippen LogP contribution is -2.17. The van der Waals surface area contributed by atoms with E-state index in [9.17, 15) is 8.42 Å². The normalized spacial score (nSPS) is 14.6. The molecule has 0 aliphatic heterocycles. The summed E-state index contributed by atoms with van der Waals surface area (Å²) < 4.78 is 26.9. The maximum atomic E-state index is 12.2. The SMILES string of the molecule is O=S(=O)(Nc1nncs1)C1=Cc2ccccc2CC1. The first kappa shape index (κ1) is 12.3. The molecule has 1 aromatic heterocycles. The van der Waals surface area contributed by atoms with E-state index < -0.39 is 10.0 Å². The van der Waals surface area contributed by atoms with Crippen LogP contribution in [0.3, 0.4) is 0 Å². The third kappa shape index (κ3) is 2.52. The molecule has 19 heavy (non-hydrogen) atoms. The van der Waals surface area contributed by atoms with Crippen LogP contribution in [0.15, 0.2) is 34.7 Å². The summed E-state index contributed by atoms with van der Waals surface area (Å²) in [5.74, 6) is 0. The molecule has 1 aliphatic rings. The Morgan fingerprint density at radius 1 is 1.21 bits per heavy atom. The second kappa shape index (κ2) is 4.75. The highest BCUT2D eigenvalue weighted by Gasteiger charge is 2.22. The standard InChI is InChI=1S/C12H11N3O2S2/c16-19(17,15-12-14-13-8-18-12)11-6-5-9-3-1-2-4-10(9)7-11/h1-4,7-8H,5-6H2,(H,14,15). The zero-order chi connectivity index (χ0) is 13.3. The van der Waals surface area contributed by atoms with Gasteiger partial charge in [0.2, 0.25) is 5.13 Å². The van der Waals surface area contributed by atoms with Crippen molar-refractivity contribution in [2.75, 3.05) is 4.72 Å². The van der Waals surface area contributed by atoms with E-state index in [0.717, 1.165) is 23.3 Å². The summed E-state index contributed by atoms with van der Waals surface area (Å²) >= 11 is 1.16. The summed E-state index contributed by atoms with van der Waals surface area (Å²) in [7, 11) is -3.53.